The van der Waals surface area contributed by atoms with Gasteiger partial charge >= 0.3 is 0 Å². The van der Waals surface area contributed by atoms with Gasteiger partial charge in [-0.1, -0.05) is 27.7 Å². The van der Waals surface area contributed by atoms with E-state index in [9.17, 15) is 5.11 Å². The third-order valence-corrected chi connectivity index (χ3v) is 16.1. The Morgan fingerprint density at radius 3 is 2.54 bits per heavy atom. The van der Waals surface area contributed by atoms with E-state index in [0.717, 1.165) is 63.5 Å². The lowest BCUT2D eigenvalue weighted by atomic mass is 9.46. The minimum Gasteiger partial charge on any atom is -0.388 e. The predicted octanol–water partition coefficient (Wildman–Crippen LogP) is 6.45. The van der Waals surface area contributed by atoms with Crippen molar-refractivity contribution >= 4 is 0 Å². The molecule has 14 atom stereocenters. The van der Waals surface area contributed by atoms with Gasteiger partial charge < -0.3 is 28.8 Å². The van der Waals surface area contributed by atoms with Crippen molar-refractivity contribution in [1.29, 1.82) is 0 Å². The van der Waals surface area contributed by atoms with Gasteiger partial charge in [0, 0.05) is 32.3 Å². The van der Waals surface area contributed by atoms with Gasteiger partial charge in [0.1, 0.15) is 6.10 Å². The molecule has 8 rings (SSSR count). The van der Waals surface area contributed by atoms with Gasteiger partial charge in [-0.25, -0.2) is 0 Å². The zero-order valence-electron chi connectivity index (χ0n) is 30.1. The van der Waals surface area contributed by atoms with E-state index < -0.39 is 5.60 Å². The SMILES string of the molecule is CCOC(C1CC(C)C2C(CC3C4CCC5C(C)(C)C(OC6CN(C7CCOC7)CCO6)CCC56CC46CCC32C)O1)C(C)(C)O. The van der Waals surface area contributed by atoms with E-state index >= 15 is 0 Å². The third kappa shape index (κ3) is 4.82. The summed E-state index contributed by atoms with van der Waals surface area (Å²) in [6, 6.07) is 0.530. The Morgan fingerprint density at radius 2 is 1.80 bits per heavy atom. The van der Waals surface area contributed by atoms with Crippen molar-refractivity contribution in [3.05, 3.63) is 0 Å². The highest BCUT2D eigenvalue weighted by Gasteiger charge is 2.81. The number of nitrogens with zero attached hydrogens (tertiary/aromatic N) is 1. The molecule has 0 amide bonds. The quantitative estimate of drug-likeness (QED) is 0.342. The second-order valence-corrected chi connectivity index (χ2v) is 18.9. The van der Waals surface area contributed by atoms with Crippen molar-refractivity contribution in [3.63, 3.8) is 0 Å². The second kappa shape index (κ2) is 11.4. The second-order valence-electron chi connectivity index (χ2n) is 18.9. The van der Waals surface area contributed by atoms with Gasteiger partial charge in [0.25, 0.3) is 0 Å². The van der Waals surface area contributed by atoms with Crippen LogP contribution in [0.25, 0.3) is 0 Å². The lowest BCUT2D eigenvalue weighted by Gasteiger charge is -2.60. The third-order valence-electron chi connectivity index (χ3n) is 16.1. The largest absolute Gasteiger partial charge is 0.388 e. The highest BCUT2D eigenvalue weighted by atomic mass is 16.7. The smallest absolute Gasteiger partial charge is 0.170 e. The van der Waals surface area contributed by atoms with Crippen molar-refractivity contribution in [1.82, 2.24) is 4.90 Å². The van der Waals surface area contributed by atoms with Crippen molar-refractivity contribution < 1.29 is 28.8 Å². The summed E-state index contributed by atoms with van der Waals surface area (Å²) in [4.78, 5) is 2.56. The highest BCUT2D eigenvalue weighted by Crippen LogP contribution is 2.87. The van der Waals surface area contributed by atoms with E-state index in [1.165, 1.54) is 51.4 Å². The molecule has 5 aliphatic carbocycles. The van der Waals surface area contributed by atoms with Crippen LogP contribution in [0, 0.1) is 51.2 Å². The number of hydrogen-bond donors (Lipinski definition) is 1. The number of hydrogen-bond acceptors (Lipinski definition) is 7. The number of ether oxygens (including phenoxy) is 5. The van der Waals surface area contributed by atoms with Crippen molar-refractivity contribution in [2.45, 2.75) is 155 Å². The Hall–Kier alpha value is -0.280. The Kier molecular flexibility index (Phi) is 8.13. The number of aliphatic hydroxyl groups is 1. The lowest BCUT2D eigenvalue weighted by molar-refractivity contribution is -0.247. The summed E-state index contributed by atoms with van der Waals surface area (Å²) in [5, 5.41) is 11.0. The van der Waals surface area contributed by atoms with E-state index in [2.05, 4.69) is 32.6 Å². The molecule has 14 unspecified atom stereocenters. The van der Waals surface area contributed by atoms with Gasteiger partial charge in [0.15, 0.2) is 6.29 Å². The van der Waals surface area contributed by atoms with Crippen molar-refractivity contribution in [2.75, 3.05) is 39.5 Å². The van der Waals surface area contributed by atoms with Crippen LogP contribution in [-0.2, 0) is 23.7 Å². The first-order valence-electron chi connectivity index (χ1n) is 19.4. The first-order chi connectivity index (χ1) is 21.8. The zero-order valence-corrected chi connectivity index (χ0v) is 30.1. The molecule has 5 saturated carbocycles. The molecule has 3 heterocycles. The fourth-order valence-electron chi connectivity index (χ4n) is 14.3. The van der Waals surface area contributed by atoms with E-state index in [1.807, 2.05) is 20.8 Å². The van der Waals surface area contributed by atoms with Gasteiger partial charge in [-0.05, 0) is 136 Å². The molecule has 1 N–H and O–H groups in total. The molecule has 2 spiro atoms. The molecular weight excluding hydrogens is 578 g/mol. The van der Waals surface area contributed by atoms with Crippen LogP contribution < -0.4 is 0 Å². The number of fused-ring (bicyclic) bond motifs is 4. The highest BCUT2D eigenvalue weighted by molar-refractivity contribution is 5.29. The Labute approximate surface area is 279 Å². The molecule has 46 heavy (non-hydrogen) atoms. The molecule has 0 radical (unpaired) electrons. The lowest BCUT2D eigenvalue weighted by Crippen LogP contribution is -2.57. The first kappa shape index (κ1) is 32.9. The van der Waals surface area contributed by atoms with E-state index in [-0.39, 0.29) is 30.0 Å². The summed E-state index contributed by atoms with van der Waals surface area (Å²) < 4.78 is 32.1. The molecular formula is C39H65NO6. The van der Waals surface area contributed by atoms with Crippen LogP contribution in [0.15, 0.2) is 0 Å². The molecule has 0 aromatic rings. The summed E-state index contributed by atoms with van der Waals surface area (Å²) in [7, 11) is 0. The van der Waals surface area contributed by atoms with Crippen molar-refractivity contribution in [2.24, 2.45) is 51.2 Å². The average Bonchev–Trinajstić information content (AvgIpc) is 3.26. The van der Waals surface area contributed by atoms with Gasteiger partial charge in [-0.2, -0.15) is 0 Å². The summed E-state index contributed by atoms with van der Waals surface area (Å²) in [6.07, 6.45) is 12.9. The van der Waals surface area contributed by atoms with E-state index in [4.69, 9.17) is 23.7 Å². The monoisotopic (exact) mass is 643 g/mol. The van der Waals surface area contributed by atoms with Crippen LogP contribution in [0.3, 0.4) is 0 Å². The van der Waals surface area contributed by atoms with E-state index in [1.54, 1.807) is 0 Å². The van der Waals surface area contributed by atoms with Crippen LogP contribution in [0.5, 0.6) is 0 Å². The minimum atomic E-state index is -0.909. The van der Waals surface area contributed by atoms with Crippen LogP contribution >= 0.6 is 0 Å². The Morgan fingerprint density at radius 1 is 0.978 bits per heavy atom. The maximum absolute atomic E-state index is 11.0. The zero-order chi connectivity index (χ0) is 32.3. The summed E-state index contributed by atoms with van der Waals surface area (Å²) in [5.41, 5.74) is 0.649. The molecule has 7 nitrogen and oxygen atoms in total. The fourth-order valence-corrected chi connectivity index (χ4v) is 14.3. The van der Waals surface area contributed by atoms with Gasteiger partial charge in [-0.15, -0.1) is 0 Å². The molecule has 8 aliphatic rings. The van der Waals surface area contributed by atoms with E-state index in [0.29, 0.717) is 46.8 Å². The summed E-state index contributed by atoms with van der Waals surface area (Å²) in [5.74, 6) is 3.53. The summed E-state index contributed by atoms with van der Waals surface area (Å²) >= 11 is 0. The Bertz CT molecular complexity index is 1130. The average molecular weight is 644 g/mol. The topological polar surface area (TPSA) is 69.6 Å². The van der Waals surface area contributed by atoms with Crippen LogP contribution in [0.1, 0.15) is 113 Å². The van der Waals surface area contributed by atoms with Crippen LogP contribution in [0.4, 0.5) is 0 Å². The molecule has 8 fully saturated rings. The molecule has 262 valence electrons. The van der Waals surface area contributed by atoms with Gasteiger partial charge in [-0.3, -0.25) is 4.90 Å². The maximum Gasteiger partial charge on any atom is 0.170 e. The number of morpholine rings is 1. The number of rotatable bonds is 7. The first-order valence-corrected chi connectivity index (χ1v) is 19.4. The fraction of sp³-hybridized carbons (Fsp3) is 1.00. The predicted molar refractivity (Wildman–Crippen MR) is 177 cm³/mol. The normalized spacial score (nSPS) is 52.2. The van der Waals surface area contributed by atoms with Crippen LogP contribution in [0.2, 0.25) is 0 Å². The molecule has 3 saturated heterocycles. The van der Waals surface area contributed by atoms with Crippen LogP contribution in [-0.4, -0.2) is 91.9 Å². The molecule has 3 aliphatic heterocycles. The summed E-state index contributed by atoms with van der Waals surface area (Å²) in [6.45, 7) is 21.0. The Balaban J connectivity index is 0.974. The molecule has 0 aromatic carbocycles. The maximum atomic E-state index is 11.0. The molecule has 0 bridgehead atoms. The molecule has 7 heteroatoms. The van der Waals surface area contributed by atoms with Gasteiger partial charge in [0.2, 0.25) is 0 Å². The molecule has 0 aromatic heterocycles. The standard InChI is InChI=1S/C39H65NO6/c1-8-43-34(36(5,6)41)29-19-24(2)33-28(45-29)20-27-26-9-10-30-35(3,4)31(11-13-39(30)23-38(26,39)15-14-37(27,33)7)46-32-21-40(16-18-44-32)25-12-17-42-22-25/h24-34,41H,8-23H2,1-7H3. The van der Waals surface area contributed by atoms with Crippen molar-refractivity contribution in [3.8, 4) is 0 Å². The van der Waals surface area contributed by atoms with Gasteiger partial charge in [0.05, 0.1) is 37.1 Å². The minimum absolute atomic E-state index is 0.0280.